The third kappa shape index (κ3) is 6.62. The van der Waals surface area contributed by atoms with Crippen LogP contribution in [0.1, 0.15) is 58.8 Å². The van der Waals surface area contributed by atoms with Crippen molar-refractivity contribution in [2.24, 2.45) is 5.92 Å². The minimum Gasteiger partial charge on any atom is -0.247 e. The van der Waals surface area contributed by atoms with Crippen LogP contribution in [0.15, 0.2) is 0 Å². The standard InChI is InChI=1S/C11H21O2/c1-3-5-6-7-9-10(8-4-2)11(12)13/h10H,3-9H2,1-2H3. The number of hydrogen-bond acceptors (Lipinski definition) is 1. The highest BCUT2D eigenvalue weighted by Crippen LogP contribution is 2.16. The van der Waals surface area contributed by atoms with Crippen molar-refractivity contribution in [1.29, 1.82) is 0 Å². The van der Waals surface area contributed by atoms with Gasteiger partial charge in [-0.05, 0) is 12.8 Å². The molecule has 13 heavy (non-hydrogen) atoms. The molecule has 1 radical (unpaired) electrons. The Hall–Kier alpha value is -0.530. The highest BCUT2D eigenvalue weighted by molar-refractivity contribution is 5.69. The third-order valence-electron chi connectivity index (χ3n) is 2.38. The Bertz CT molecular complexity index is 132. The van der Waals surface area contributed by atoms with Crippen molar-refractivity contribution in [2.75, 3.05) is 0 Å². The second-order valence-corrected chi connectivity index (χ2v) is 3.65. The van der Waals surface area contributed by atoms with Crippen LogP contribution in [-0.2, 0) is 9.90 Å². The molecular weight excluding hydrogens is 164 g/mol. The van der Waals surface area contributed by atoms with E-state index in [-0.39, 0.29) is 5.92 Å². The number of unbranched alkanes of at least 4 members (excludes halogenated alkanes) is 3. The van der Waals surface area contributed by atoms with Crippen molar-refractivity contribution < 1.29 is 9.90 Å². The van der Waals surface area contributed by atoms with Crippen molar-refractivity contribution in [3.63, 3.8) is 0 Å². The van der Waals surface area contributed by atoms with Crippen molar-refractivity contribution in [2.45, 2.75) is 58.8 Å². The number of carbonyl (C=O) groups excluding carboxylic acids is 1. The average Bonchev–Trinajstić information content (AvgIpc) is 2.10. The van der Waals surface area contributed by atoms with E-state index in [2.05, 4.69) is 6.92 Å². The zero-order valence-electron chi connectivity index (χ0n) is 8.84. The van der Waals surface area contributed by atoms with Crippen LogP contribution >= 0.6 is 0 Å². The molecule has 0 aliphatic carbocycles. The van der Waals surface area contributed by atoms with Gasteiger partial charge in [0.1, 0.15) is 0 Å². The lowest BCUT2D eigenvalue weighted by Gasteiger charge is -2.08. The number of rotatable bonds is 8. The summed E-state index contributed by atoms with van der Waals surface area (Å²) in [5.41, 5.74) is 0. The van der Waals surface area contributed by atoms with Gasteiger partial charge in [-0.1, -0.05) is 46.0 Å². The Balaban J connectivity index is 3.51. The summed E-state index contributed by atoms with van der Waals surface area (Å²) in [5.74, 6) is -1.07. The first kappa shape index (κ1) is 12.5. The molecule has 2 heteroatoms. The smallest absolute Gasteiger partial charge is 0.247 e. The summed E-state index contributed by atoms with van der Waals surface area (Å²) in [6.45, 7) is 4.17. The summed E-state index contributed by atoms with van der Waals surface area (Å²) >= 11 is 0. The SMILES string of the molecule is CCCCCCC(CCC)C([O])=O. The molecule has 1 unspecified atom stereocenters. The summed E-state index contributed by atoms with van der Waals surface area (Å²) < 4.78 is 0. The predicted molar refractivity (Wildman–Crippen MR) is 52.9 cm³/mol. The summed E-state index contributed by atoms with van der Waals surface area (Å²) in [5, 5.41) is 10.6. The molecule has 2 nitrogen and oxygen atoms in total. The lowest BCUT2D eigenvalue weighted by molar-refractivity contribution is -0.148. The molecule has 0 rings (SSSR count). The van der Waals surface area contributed by atoms with Gasteiger partial charge in [-0.2, -0.15) is 0 Å². The monoisotopic (exact) mass is 185 g/mol. The molecule has 0 bridgehead atoms. The Morgan fingerprint density at radius 2 is 1.69 bits per heavy atom. The molecule has 77 valence electrons. The van der Waals surface area contributed by atoms with Crippen molar-refractivity contribution >= 4 is 5.97 Å². The summed E-state index contributed by atoms with van der Waals surface area (Å²) in [4.78, 5) is 10.6. The molecule has 0 aromatic heterocycles. The summed E-state index contributed by atoms with van der Waals surface area (Å²) in [7, 11) is 0. The Kier molecular flexibility index (Phi) is 7.76. The molecule has 0 aromatic carbocycles. The maximum absolute atomic E-state index is 10.6. The van der Waals surface area contributed by atoms with Gasteiger partial charge in [-0.3, -0.25) is 0 Å². The van der Waals surface area contributed by atoms with Gasteiger partial charge in [0.25, 0.3) is 0 Å². The van der Waals surface area contributed by atoms with Crippen LogP contribution in [0.2, 0.25) is 0 Å². The van der Waals surface area contributed by atoms with E-state index in [1.54, 1.807) is 0 Å². The normalized spacial score (nSPS) is 12.8. The molecule has 0 heterocycles. The lowest BCUT2D eigenvalue weighted by Crippen LogP contribution is -2.11. The first-order valence-electron chi connectivity index (χ1n) is 5.43. The fraction of sp³-hybridized carbons (Fsp3) is 0.909. The topological polar surface area (TPSA) is 37.0 Å². The maximum atomic E-state index is 10.6. The first-order valence-corrected chi connectivity index (χ1v) is 5.43. The van der Waals surface area contributed by atoms with Crippen molar-refractivity contribution in [3.8, 4) is 0 Å². The van der Waals surface area contributed by atoms with Gasteiger partial charge in [0.2, 0.25) is 0 Å². The molecular formula is C11H21O2. The van der Waals surface area contributed by atoms with E-state index in [9.17, 15) is 9.90 Å². The van der Waals surface area contributed by atoms with Crippen molar-refractivity contribution in [3.05, 3.63) is 0 Å². The quantitative estimate of drug-likeness (QED) is 0.534. The molecule has 0 aliphatic heterocycles. The molecule has 0 saturated heterocycles. The minimum absolute atomic E-state index is 0.207. The lowest BCUT2D eigenvalue weighted by atomic mass is 9.96. The molecule has 0 fully saturated rings. The minimum atomic E-state index is -0.863. The van der Waals surface area contributed by atoms with Crippen LogP contribution in [-0.4, -0.2) is 5.97 Å². The van der Waals surface area contributed by atoms with Gasteiger partial charge in [-0.15, -0.1) is 0 Å². The van der Waals surface area contributed by atoms with E-state index in [1.165, 1.54) is 12.8 Å². The maximum Gasteiger partial charge on any atom is 0.358 e. The Morgan fingerprint density at radius 3 is 2.15 bits per heavy atom. The van der Waals surface area contributed by atoms with E-state index in [0.29, 0.717) is 0 Å². The zero-order valence-corrected chi connectivity index (χ0v) is 8.84. The average molecular weight is 185 g/mol. The second kappa shape index (κ2) is 8.09. The Morgan fingerprint density at radius 1 is 1.00 bits per heavy atom. The molecule has 1 atom stereocenters. The largest absolute Gasteiger partial charge is 0.358 e. The first-order chi connectivity index (χ1) is 6.22. The van der Waals surface area contributed by atoms with Gasteiger partial charge in [0.05, 0.1) is 5.92 Å². The molecule has 0 saturated carbocycles. The van der Waals surface area contributed by atoms with Crippen LogP contribution < -0.4 is 0 Å². The summed E-state index contributed by atoms with van der Waals surface area (Å²) in [6.07, 6.45) is 7.11. The van der Waals surface area contributed by atoms with Gasteiger partial charge in [0.15, 0.2) is 0 Å². The van der Waals surface area contributed by atoms with Gasteiger partial charge in [0, 0.05) is 0 Å². The van der Waals surface area contributed by atoms with Gasteiger partial charge < -0.3 is 0 Å². The van der Waals surface area contributed by atoms with E-state index in [4.69, 9.17) is 0 Å². The Labute approximate surface area is 81.3 Å². The fourth-order valence-corrected chi connectivity index (χ4v) is 1.55. The molecule has 0 aliphatic rings. The van der Waals surface area contributed by atoms with Crippen LogP contribution in [0.5, 0.6) is 0 Å². The molecule has 0 N–H and O–H groups in total. The van der Waals surface area contributed by atoms with Crippen molar-refractivity contribution in [1.82, 2.24) is 0 Å². The molecule has 0 amide bonds. The second-order valence-electron chi connectivity index (χ2n) is 3.65. The van der Waals surface area contributed by atoms with Crippen LogP contribution in [0.3, 0.4) is 0 Å². The number of hydrogen-bond donors (Lipinski definition) is 0. The predicted octanol–water partition coefficient (Wildman–Crippen LogP) is 3.33. The summed E-state index contributed by atoms with van der Waals surface area (Å²) in [6, 6.07) is 0. The number of carbonyl (C=O) groups is 1. The third-order valence-corrected chi connectivity index (χ3v) is 2.38. The van der Waals surface area contributed by atoms with Crippen LogP contribution in [0.4, 0.5) is 0 Å². The highest BCUT2D eigenvalue weighted by atomic mass is 16.4. The molecule has 0 aromatic rings. The zero-order chi connectivity index (χ0) is 10.1. The van der Waals surface area contributed by atoms with Gasteiger partial charge in [-0.25, -0.2) is 9.90 Å². The van der Waals surface area contributed by atoms with Gasteiger partial charge >= 0.3 is 5.97 Å². The van der Waals surface area contributed by atoms with E-state index in [1.807, 2.05) is 6.92 Å². The highest BCUT2D eigenvalue weighted by Gasteiger charge is 2.16. The van der Waals surface area contributed by atoms with E-state index >= 15 is 0 Å². The van der Waals surface area contributed by atoms with Crippen LogP contribution in [0, 0.1) is 5.92 Å². The van der Waals surface area contributed by atoms with E-state index < -0.39 is 5.97 Å². The van der Waals surface area contributed by atoms with E-state index in [0.717, 1.165) is 32.1 Å². The fourth-order valence-electron chi connectivity index (χ4n) is 1.55. The molecule has 0 spiro atoms. The van der Waals surface area contributed by atoms with Crippen LogP contribution in [0.25, 0.3) is 0 Å².